The fourth-order valence-corrected chi connectivity index (χ4v) is 1.82. The highest BCUT2D eigenvalue weighted by atomic mass is 15.4. The molecule has 0 aliphatic carbocycles. The van der Waals surface area contributed by atoms with Crippen molar-refractivity contribution < 1.29 is 0 Å². The molecule has 0 saturated carbocycles. The SMILES string of the molecule is Cc1cccnc1Cn1cc(CNCC(C)C)nn1. The lowest BCUT2D eigenvalue weighted by atomic mass is 10.2. The molecule has 0 bridgehead atoms. The van der Waals surface area contributed by atoms with Gasteiger partial charge in [-0.05, 0) is 31.0 Å². The van der Waals surface area contributed by atoms with Crippen LogP contribution in [0.3, 0.4) is 0 Å². The summed E-state index contributed by atoms with van der Waals surface area (Å²) < 4.78 is 1.84. The number of rotatable bonds is 6. The highest BCUT2D eigenvalue weighted by molar-refractivity contribution is 5.17. The quantitative estimate of drug-likeness (QED) is 0.859. The normalized spacial score (nSPS) is 11.2. The second-order valence-corrected chi connectivity index (χ2v) is 5.20. The third kappa shape index (κ3) is 4.13. The second kappa shape index (κ2) is 6.43. The molecule has 2 aromatic heterocycles. The summed E-state index contributed by atoms with van der Waals surface area (Å²) in [7, 11) is 0. The minimum Gasteiger partial charge on any atom is -0.311 e. The molecule has 2 rings (SSSR count). The third-order valence-corrected chi connectivity index (χ3v) is 2.87. The molecule has 0 fully saturated rings. The minimum atomic E-state index is 0.645. The highest BCUT2D eigenvalue weighted by Gasteiger charge is 2.04. The number of nitrogens with zero attached hydrogens (tertiary/aromatic N) is 4. The van der Waals surface area contributed by atoms with Gasteiger partial charge in [-0.25, -0.2) is 4.68 Å². The molecule has 19 heavy (non-hydrogen) atoms. The summed E-state index contributed by atoms with van der Waals surface area (Å²) in [5.41, 5.74) is 3.18. The Labute approximate surface area is 114 Å². The van der Waals surface area contributed by atoms with Gasteiger partial charge < -0.3 is 5.32 Å². The van der Waals surface area contributed by atoms with Crippen LogP contribution in [0.1, 0.15) is 30.8 Å². The van der Waals surface area contributed by atoms with Crippen molar-refractivity contribution in [3.05, 3.63) is 41.5 Å². The maximum Gasteiger partial charge on any atom is 0.0964 e. The molecule has 0 aromatic carbocycles. The molecule has 0 unspecified atom stereocenters. The van der Waals surface area contributed by atoms with Crippen molar-refractivity contribution in [2.45, 2.75) is 33.9 Å². The first-order valence-electron chi connectivity index (χ1n) is 6.65. The zero-order chi connectivity index (χ0) is 13.7. The van der Waals surface area contributed by atoms with Gasteiger partial charge in [-0.2, -0.15) is 0 Å². The first-order valence-corrected chi connectivity index (χ1v) is 6.65. The van der Waals surface area contributed by atoms with Crippen molar-refractivity contribution in [1.82, 2.24) is 25.3 Å². The molecule has 102 valence electrons. The standard InChI is InChI=1S/C14H21N5/c1-11(2)7-15-8-13-9-19(18-17-13)10-14-12(3)5-4-6-16-14/h4-6,9,11,15H,7-8,10H2,1-3H3. The summed E-state index contributed by atoms with van der Waals surface area (Å²) >= 11 is 0. The lowest BCUT2D eigenvalue weighted by Gasteiger charge is -2.04. The van der Waals surface area contributed by atoms with E-state index in [-0.39, 0.29) is 0 Å². The summed E-state index contributed by atoms with van der Waals surface area (Å²) in [5.74, 6) is 0.645. The predicted octanol–water partition coefficient (Wildman–Crippen LogP) is 1.78. The van der Waals surface area contributed by atoms with E-state index in [0.717, 1.165) is 24.5 Å². The maximum absolute atomic E-state index is 4.36. The Morgan fingerprint density at radius 1 is 1.37 bits per heavy atom. The van der Waals surface area contributed by atoms with Gasteiger partial charge in [-0.1, -0.05) is 25.1 Å². The van der Waals surface area contributed by atoms with Crippen molar-refractivity contribution in [3.8, 4) is 0 Å². The highest BCUT2D eigenvalue weighted by Crippen LogP contribution is 2.05. The summed E-state index contributed by atoms with van der Waals surface area (Å²) in [4.78, 5) is 4.36. The average Bonchev–Trinajstić information content (AvgIpc) is 2.79. The van der Waals surface area contributed by atoms with Crippen LogP contribution in [0.25, 0.3) is 0 Å². The van der Waals surface area contributed by atoms with E-state index < -0.39 is 0 Å². The van der Waals surface area contributed by atoms with Gasteiger partial charge >= 0.3 is 0 Å². The van der Waals surface area contributed by atoms with Gasteiger partial charge in [0.2, 0.25) is 0 Å². The zero-order valence-electron chi connectivity index (χ0n) is 11.8. The molecular formula is C14H21N5. The molecular weight excluding hydrogens is 238 g/mol. The fourth-order valence-electron chi connectivity index (χ4n) is 1.82. The summed E-state index contributed by atoms with van der Waals surface area (Å²) in [6.07, 6.45) is 3.78. The molecule has 0 amide bonds. The molecule has 0 spiro atoms. The van der Waals surface area contributed by atoms with Gasteiger partial charge in [0, 0.05) is 12.7 Å². The molecule has 5 heteroatoms. The number of aryl methyl sites for hydroxylation is 1. The second-order valence-electron chi connectivity index (χ2n) is 5.20. The summed E-state index contributed by atoms with van der Waals surface area (Å²) in [6, 6.07) is 4.01. The van der Waals surface area contributed by atoms with E-state index in [1.54, 1.807) is 0 Å². The van der Waals surface area contributed by atoms with Gasteiger partial charge in [-0.3, -0.25) is 4.98 Å². The lowest BCUT2D eigenvalue weighted by Crippen LogP contribution is -2.19. The van der Waals surface area contributed by atoms with Gasteiger partial charge in [0.25, 0.3) is 0 Å². The van der Waals surface area contributed by atoms with Gasteiger partial charge in [0.15, 0.2) is 0 Å². The molecule has 0 atom stereocenters. The first-order chi connectivity index (χ1) is 9.15. The number of pyridine rings is 1. The van der Waals surface area contributed by atoms with Crippen LogP contribution in [0.5, 0.6) is 0 Å². The van der Waals surface area contributed by atoms with Crippen LogP contribution in [0, 0.1) is 12.8 Å². The maximum atomic E-state index is 4.36. The Balaban J connectivity index is 1.92. The predicted molar refractivity (Wildman–Crippen MR) is 74.6 cm³/mol. The molecule has 0 aliphatic heterocycles. The Morgan fingerprint density at radius 2 is 2.21 bits per heavy atom. The molecule has 0 saturated heterocycles. The molecule has 2 aromatic rings. The van der Waals surface area contributed by atoms with E-state index in [9.17, 15) is 0 Å². The molecule has 0 aliphatic rings. The van der Waals surface area contributed by atoms with E-state index in [1.165, 1.54) is 5.56 Å². The number of hydrogen-bond acceptors (Lipinski definition) is 4. The van der Waals surface area contributed by atoms with Crippen LogP contribution in [0.2, 0.25) is 0 Å². The molecule has 5 nitrogen and oxygen atoms in total. The zero-order valence-corrected chi connectivity index (χ0v) is 11.8. The van der Waals surface area contributed by atoms with Gasteiger partial charge in [0.1, 0.15) is 0 Å². The van der Waals surface area contributed by atoms with E-state index in [2.05, 4.69) is 47.5 Å². The van der Waals surface area contributed by atoms with E-state index in [4.69, 9.17) is 0 Å². The largest absolute Gasteiger partial charge is 0.311 e. The Bertz CT molecular complexity index is 518. The molecule has 0 radical (unpaired) electrons. The van der Waals surface area contributed by atoms with E-state index >= 15 is 0 Å². The van der Waals surface area contributed by atoms with Crippen molar-refractivity contribution in [2.75, 3.05) is 6.54 Å². The Kier molecular flexibility index (Phi) is 4.63. The number of hydrogen-bond donors (Lipinski definition) is 1. The Morgan fingerprint density at radius 3 is 2.95 bits per heavy atom. The van der Waals surface area contributed by atoms with Crippen LogP contribution in [-0.2, 0) is 13.1 Å². The van der Waals surface area contributed by atoms with Crippen molar-refractivity contribution in [3.63, 3.8) is 0 Å². The van der Waals surface area contributed by atoms with E-state index in [0.29, 0.717) is 12.5 Å². The minimum absolute atomic E-state index is 0.645. The van der Waals surface area contributed by atoms with Crippen LogP contribution in [0.4, 0.5) is 0 Å². The average molecular weight is 259 g/mol. The topological polar surface area (TPSA) is 55.6 Å². The van der Waals surface area contributed by atoms with Crippen molar-refractivity contribution in [1.29, 1.82) is 0 Å². The molecule has 1 N–H and O–H groups in total. The van der Waals surface area contributed by atoms with E-state index in [1.807, 2.05) is 23.1 Å². The van der Waals surface area contributed by atoms with Crippen LogP contribution >= 0.6 is 0 Å². The summed E-state index contributed by atoms with van der Waals surface area (Å²) in [5, 5.41) is 11.7. The Hall–Kier alpha value is -1.75. The summed E-state index contributed by atoms with van der Waals surface area (Å²) in [6.45, 7) is 8.86. The number of aromatic nitrogens is 4. The molecule has 2 heterocycles. The van der Waals surface area contributed by atoms with Crippen LogP contribution < -0.4 is 5.32 Å². The smallest absolute Gasteiger partial charge is 0.0964 e. The lowest BCUT2D eigenvalue weighted by molar-refractivity contribution is 0.548. The van der Waals surface area contributed by atoms with Gasteiger partial charge in [0.05, 0.1) is 24.1 Å². The van der Waals surface area contributed by atoms with Crippen LogP contribution in [0.15, 0.2) is 24.5 Å². The van der Waals surface area contributed by atoms with Crippen molar-refractivity contribution in [2.24, 2.45) is 5.92 Å². The third-order valence-electron chi connectivity index (χ3n) is 2.87. The van der Waals surface area contributed by atoms with Crippen molar-refractivity contribution >= 4 is 0 Å². The number of nitrogens with one attached hydrogen (secondary N) is 1. The fraction of sp³-hybridized carbons (Fsp3) is 0.500. The van der Waals surface area contributed by atoms with Crippen LogP contribution in [-0.4, -0.2) is 26.5 Å². The monoisotopic (exact) mass is 259 g/mol. The van der Waals surface area contributed by atoms with Gasteiger partial charge in [-0.15, -0.1) is 5.10 Å². The first kappa shape index (κ1) is 13.7.